The number of halogens is 1. The second-order valence-corrected chi connectivity index (χ2v) is 3.76. The largest absolute Gasteiger partial charge is 0.220 e. The third-order valence-electron chi connectivity index (χ3n) is 2.36. The molecule has 2 aromatic rings. The lowest BCUT2D eigenvalue weighted by Crippen LogP contribution is -1.92. The molecule has 0 bridgehead atoms. The van der Waals surface area contributed by atoms with Gasteiger partial charge in [-0.3, -0.25) is 0 Å². The van der Waals surface area contributed by atoms with Crippen molar-refractivity contribution < 1.29 is 0 Å². The van der Waals surface area contributed by atoms with Gasteiger partial charge < -0.3 is 0 Å². The Kier molecular flexibility index (Phi) is 2.64. The highest BCUT2D eigenvalue weighted by Crippen LogP contribution is 2.24. The summed E-state index contributed by atoms with van der Waals surface area (Å²) in [7, 11) is 0. The Morgan fingerprint density at radius 1 is 1.13 bits per heavy atom. The van der Waals surface area contributed by atoms with E-state index < -0.39 is 0 Å². The third kappa shape index (κ3) is 1.97. The molecule has 2 rings (SSSR count). The molecule has 0 atom stereocenters. The minimum Gasteiger partial charge on any atom is -0.220 e. The van der Waals surface area contributed by atoms with Gasteiger partial charge in [-0.15, -0.1) is 10.2 Å². The Labute approximate surface area is 93.1 Å². The van der Waals surface area contributed by atoms with E-state index in [2.05, 4.69) is 29.0 Å². The molecule has 1 aromatic carbocycles. The van der Waals surface area contributed by atoms with Crippen molar-refractivity contribution in [3.63, 3.8) is 0 Å². The van der Waals surface area contributed by atoms with Gasteiger partial charge in [0.15, 0.2) is 5.15 Å². The zero-order valence-electron chi connectivity index (χ0n) is 8.53. The lowest BCUT2D eigenvalue weighted by Gasteiger charge is -2.04. The van der Waals surface area contributed by atoms with E-state index in [4.69, 9.17) is 11.6 Å². The Balaban J connectivity index is 2.55. The minimum atomic E-state index is 0.383. The van der Waals surface area contributed by atoms with Gasteiger partial charge in [-0.1, -0.05) is 23.7 Å². The summed E-state index contributed by atoms with van der Waals surface area (Å²) in [5.74, 6) is 0. The summed E-state index contributed by atoms with van der Waals surface area (Å²) >= 11 is 5.94. The first kappa shape index (κ1) is 10.1. The van der Waals surface area contributed by atoms with Crippen LogP contribution in [0.25, 0.3) is 11.3 Å². The molecule has 0 amide bonds. The average Bonchev–Trinajstić information content (AvgIpc) is 2.23. The van der Waals surface area contributed by atoms with Gasteiger partial charge in [-0.05, 0) is 31.0 Å². The molecular weight excluding hydrogens is 210 g/mol. The number of benzene rings is 1. The standard InChI is InChI=1S/C11H10ClN3/c1-7-3-4-9(5-8(7)2)10-11(12)13-6-14-15-10/h3-6H,1-2H3. The Morgan fingerprint density at radius 3 is 2.60 bits per heavy atom. The summed E-state index contributed by atoms with van der Waals surface area (Å²) in [5, 5.41) is 8.09. The molecule has 0 spiro atoms. The third-order valence-corrected chi connectivity index (χ3v) is 2.63. The number of nitrogens with zero attached hydrogens (tertiary/aromatic N) is 3. The van der Waals surface area contributed by atoms with Crippen molar-refractivity contribution in [1.82, 2.24) is 15.2 Å². The molecule has 4 heteroatoms. The van der Waals surface area contributed by atoms with Gasteiger partial charge in [0.25, 0.3) is 0 Å². The van der Waals surface area contributed by atoms with E-state index in [-0.39, 0.29) is 0 Å². The smallest absolute Gasteiger partial charge is 0.159 e. The fourth-order valence-electron chi connectivity index (χ4n) is 1.33. The quantitative estimate of drug-likeness (QED) is 0.740. The first-order valence-electron chi connectivity index (χ1n) is 4.59. The summed E-state index contributed by atoms with van der Waals surface area (Å²) < 4.78 is 0. The first-order valence-corrected chi connectivity index (χ1v) is 4.97. The van der Waals surface area contributed by atoms with E-state index in [1.807, 2.05) is 18.2 Å². The SMILES string of the molecule is Cc1ccc(-c2nncnc2Cl)cc1C. The number of hydrogen-bond donors (Lipinski definition) is 0. The first-order chi connectivity index (χ1) is 7.18. The molecule has 3 nitrogen and oxygen atoms in total. The summed E-state index contributed by atoms with van der Waals surface area (Å²) in [6.07, 6.45) is 1.34. The van der Waals surface area contributed by atoms with Crippen LogP contribution < -0.4 is 0 Å². The monoisotopic (exact) mass is 219 g/mol. The number of aryl methyl sites for hydroxylation is 2. The Hall–Kier alpha value is -1.48. The maximum atomic E-state index is 5.94. The van der Waals surface area contributed by atoms with E-state index in [1.54, 1.807) is 0 Å². The molecule has 0 saturated carbocycles. The highest BCUT2D eigenvalue weighted by Gasteiger charge is 2.06. The minimum absolute atomic E-state index is 0.383. The van der Waals surface area contributed by atoms with Crippen LogP contribution in [0.5, 0.6) is 0 Å². The van der Waals surface area contributed by atoms with Crippen molar-refractivity contribution in [2.75, 3.05) is 0 Å². The topological polar surface area (TPSA) is 38.7 Å². The molecule has 0 radical (unpaired) electrons. The predicted octanol–water partition coefficient (Wildman–Crippen LogP) is 2.81. The number of hydrogen-bond acceptors (Lipinski definition) is 3. The molecule has 0 aliphatic rings. The van der Waals surface area contributed by atoms with Gasteiger partial charge in [0.1, 0.15) is 12.0 Å². The van der Waals surface area contributed by atoms with Gasteiger partial charge in [0, 0.05) is 5.56 Å². The van der Waals surface area contributed by atoms with E-state index in [1.165, 1.54) is 17.5 Å². The van der Waals surface area contributed by atoms with Crippen LogP contribution in [0.1, 0.15) is 11.1 Å². The Bertz CT molecular complexity index is 497. The zero-order valence-corrected chi connectivity index (χ0v) is 9.28. The van der Waals surface area contributed by atoms with Crippen molar-refractivity contribution in [2.24, 2.45) is 0 Å². The van der Waals surface area contributed by atoms with E-state index in [0.717, 1.165) is 5.56 Å². The predicted molar refractivity (Wildman–Crippen MR) is 59.7 cm³/mol. The Morgan fingerprint density at radius 2 is 1.93 bits per heavy atom. The fourth-order valence-corrected chi connectivity index (χ4v) is 1.52. The van der Waals surface area contributed by atoms with Crippen LogP contribution in [-0.4, -0.2) is 15.2 Å². The van der Waals surface area contributed by atoms with Gasteiger partial charge in [-0.2, -0.15) is 0 Å². The normalized spacial score (nSPS) is 10.3. The van der Waals surface area contributed by atoms with Gasteiger partial charge >= 0.3 is 0 Å². The van der Waals surface area contributed by atoms with Crippen molar-refractivity contribution in [2.45, 2.75) is 13.8 Å². The van der Waals surface area contributed by atoms with Crippen LogP contribution in [0.15, 0.2) is 24.5 Å². The lowest BCUT2D eigenvalue weighted by molar-refractivity contribution is 0.976. The van der Waals surface area contributed by atoms with Crippen molar-refractivity contribution in [1.29, 1.82) is 0 Å². The molecule has 0 unspecified atom stereocenters. The van der Waals surface area contributed by atoms with Crippen molar-refractivity contribution in [3.8, 4) is 11.3 Å². The fraction of sp³-hybridized carbons (Fsp3) is 0.182. The molecule has 15 heavy (non-hydrogen) atoms. The average molecular weight is 220 g/mol. The summed E-state index contributed by atoms with van der Waals surface area (Å²) in [6, 6.07) is 6.04. The van der Waals surface area contributed by atoms with Gasteiger partial charge in [0.05, 0.1) is 0 Å². The van der Waals surface area contributed by atoms with Gasteiger partial charge in [0.2, 0.25) is 0 Å². The lowest BCUT2D eigenvalue weighted by atomic mass is 10.0. The summed E-state index contributed by atoms with van der Waals surface area (Å²) in [5.41, 5.74) is 4.02. The van der Waals surface area contributed by atoms with Crippen molar-refractivity contribution in [3.05, 3.63) is 40.8 Å². The number of aromatic nitrogens is 3. The number of rotatable bonds is 1. The highest BCUT2D eigenvalue weighted by atomic mass is 35.5. The van der Waals surface area contributed by atoms with E-state index >= 15 is 0 Å². The van der Waals surface area contributed by atoms with E-state index in [0.29, 0.717) is 10.8 Å². The molecule has 0 aliphatic heterocycles. The van der Waals surface area contributed by atoms with Crippen molar-refractivity contribution >= 4 is 11.6 Å². The molecule has 1 heterocycles. The maximum absolute atomic E-state index is 5.94. The van der Waals surface area contributed by atoms with Crippen LogP contribution in [0.2, 0.25) is 5.15 Å². The molecular formula is C11H10ClN3. The molecule has 0 saturated heterocycles. The van der Waals surface area contributed by atoms with Crippen LogP contribution in [0, 0.1) is 13.8 Å². The second-order valence-electron chi connectivity index (χ2n) is 3.40. The molecule has 0 N–H and O–H groups in total. The molecule has 0 aliphatic carbocycles. The zero-order chi connectivity index (χ0) is 10.8. The van der Waals surface area contributed by atoms with Crippen LogP contribution in [0.4, 0.5) is 0 Å². The summed E-state index contributed by atoms with van der Waals surface area (Å²) in [4.78, 5) is 3.90. The molecule has 0 fully saturated rings. The van der Waals surface area contributed by atoms with Gasteiger partial charge in [-0.25, -0.2) is 4.98 Å². The summed E-state index contributed by atoms with van der Waals surface area (Å²) in [6.45, 7) is 4.12. The highest BCUT2D eigenvalue weighted by molar-refractivity contribution is 6.31. The molecule has 1 aromatic heterocycles. The maximum Gasteiger partial charge on any atom is 0.159 e. The van der Waals surface area contributed by atoms with Crippen LogP contribution >= 0.6 is 11.6 Å². The van der Waals surface area contributed by atoms with Crippen LogP contribution in [-0.2, 0) is 0 Å². The van der Waals surface area contributed by atoms with E-state index in [9.17, 15) is 0 Å². The second kappa shape index (κ2) is 3.95. The van der Waals surface area contributed by atoms with Crippen LogP contribution in [0.3, 0.4) is 0 Å². The molecule has 76 valence electrons.